The minimum atomic E-state index is -4.28. The van der Waals surface area contributed by atoms with Gasteiger partial charge in [-0.15, -0.1) is 0 Å². The highest BCUT2D eigenvalue weighted by atomic mass is 35.5. The summed E-state index contributed by atoms with van der Waals surface area (Å²) in [6.45, 7) is -1.12. The lowest BCUT2D eigenvalue weighted by atomic mass is 9.98. The van der Waals surface area contributed by atoms with E-state index in [0.717, 1.165) is 23.6 Å². The molecule has 1 aliphatic carbocycles. The summed E-state index contributed by atoms with van der Waals surface area (Å²) in [6, 6.07) is 14.4. The van der Waals surface area contributed by atoms with Gasteiger partial charge in [-0.25, -0.2) is 8.42 Å². The van der Waals surface area contributed by atoms with Crippen LogP contribution in [0.15, 0.2) is 59.5 Å². The lowest BCUT2D eigenvalue weighted by molar-refractivity contribution is -0.138. The zero-order valence-corrected chi connectivity index (χ0v) is 26.0. The number of methoxy groups -OCH3 is 2. The second kappa shape index (κ2) is 14.3. The highest BCUT2D eigenvalue weighted by molar-refractivity contribution is 7.89. The van der Waals surface area contributed by atoms with E-state index < -0.39 is 34.4 Å². The van der Waals surface area contributed by atoms with E-state index in [1.54, 1.807) is 12.1 Å². The number of hydrogen-bond acceptors (Lipinski definition) is 7. The van der Waals surface area contributed by atoms with Crippen LogP contribution < -0.4 is 19.5 Å². The van der Waals surface area contributed by atoms with Gasteiger partial charge in [0.1, 0.15) is 17.3 Å². The predicted molar refractivity (Wildman–Crippen MR) is 162 cm³/mol. The maximum Gasteiger partial charge on any atom is 0.312 e. The number of sulfonamides is 1. The molecule has 230 valence electrons. The molecule has 0 saturated heterocycles. The molecule has 13 heteroatoms. The van der Waals surface area contributed by atoms with Crippen LogP contribution in [0.2, 0.25) is 10.0 Å². The van der Waals surface area contributed by atoms with Crippen molar-refractivity contribution >= 4 is 45.1 Å². The number of benzene rings is 3. The van der Waals surface area contributed by atoms with E-state index in [0.29, 0.717) is 22.8 Å². The first kappa shape index (κ1) is 32.4. The normalized spacial score (nSPS) is 13.3. The molecular weight excluding hydrogens is 619 g/mol. The monoisotopic (exact) mass is 650 g/mol. The quantitative estimate of drug-likeness (QED) is 0.260. The summed E-state index contributed by atoms with van der Waals surface area (Å²) in [5.41, 5.74) is 2.85. The van der Waals surface area contributed by atoms with E-state index in [1.807, 2.05) is 18.2 Å². The number of carbonyl (C=O) groups excluding carboxylic acids is 1. The van der Waals surface area contributed by atoms with Gasteiger partial charge in [0, 0.05) is 18.1 Å². The topological polar surface area (TPSA) is 131 Å². The second-order valence-electron chi connectivity index (χ2n) is 9.86. The summed E-state index contributed by atoms with van der Waals surface area (Å²) in [5.74, 6) is -1.68. The lowest BCUT2D eigenvalue weighted by Gasteiger charge is -2.23. The van der Waals surface area contributed by atoms with E-state index >= 15 is 0 Å². The Hall–Kier alpha value is -3.51. The molecule has 0 heterocycles. The van der Waals surface area contributed by atoms with Crippen LogP contribution in [0.5, 0.6) is 17.2 Å². The van der Waals surface area contributed by atoms with Crippen LogP contribution in [0.1, 0.15) is 29.0 Å². The van der Waals surface area contributed by atoms with Crippen LogP contribution in [0.25, 0.3) is 0 Å². The van der Waals surface area contributed by atoms with Crippen molar-refractivity contribution in [2.75, 3.05) is 40.5 Å². The molecule has 0 saturated carbocycles. The molecule has 1 aliphatic rings. The maximum absolute atomic E-state index is 13.6. The molecule has 3 aromatic carbocycles. The van der Waals surface area contributed by atoms with E-state index in [9.17, 15) is 23.1 Å². The number of nitrogens with one attached hydrogen (secondary N) is 1. The predicted octanol–water partition coefficient (Wildman–Crippen LogP) is 4.55. The number of carboxylic acids is 1. The fourth-order valence-electron chi connectivity index (χ4n) is 4.86. The Balaban J connectivity index is 1.49. The van der Waals surface area contributed by atoms with Crippen molar-refractivity contribution in [1.29, 1.82) is 0 Å². The molecule has 43 heavy (non-hydrogen) atoms. The van der Waals surface area contributed by atoms with E-state index in [1.165, 1.54) is 49.6 Å². The summed E-state index contributed by atoms with van der Waals surface area (Å²) in [5, 5.41) is 12.6. The van der Waals surface area contributed by atoms with Crippen molar-refractivity contribution < 1.29 is 37.3 Å². The highest BCUT2D eigenvalue weighted by Crippen LogP contribution is 2.31. The average molecular weight is 652 g/mol. The molecule has 0 aliphatic heterocycles. The van der Waals surface area contributed by atoms with Gasteiger partial charge in [0.15, 0.2) is 11.5 Å². The summed E-state index contributed by atoms with van der Waals surface area (Å²) in [6.07, 6.45) is 3.06. The molecule has 1 amide bonds. The van der Waals surface area contributed by atoms with Gasteiger partial charge in [0.2, 0.25) is 15.9 Å². The molecule has 10 nitrogen and oxygen atoms in total. The average Bonchev–Trinajstić information content (AvgIpc) is 3.44. The number of carboxylic acid groups (broad SMARTS) is 1. The maximum atomic E-state index is 13.6. The van der Waals surface area contributed by atoms with E-state index in [-0.39, 0.29) is 34.6 Å². The molecule has 4 rings (SSSR count). The van der Waals surface area contributed by atoms with Crippen molar-refractivity contribution in [1.82, 2.24) is 9.62 Å². The molecule has 3 aromatic rings. The number of rotatable bonds is 14. The van der Waals surface area contributed by atoms with Crippen molar-refractivity contribution in [3.8, 4) is 17.2 Å². The molecule has 2 N–H and O–H groups in total. The second-order valence-corrected chi connectivity index (χ2v) is 12.6. The number of nitrogens with zero attached hydrogens (tertiary/aromatic N) is 1. The number of aryl methyl sites for hydroxylation is 2. The fraction of sp³-hybridized carbons (Fsp3) is 0.333. The van der Waals surface area contributed by atoms with Crippen molar-refractivity contribution in [2.24, 2.45) is 0 Å². The Morgan fingerprint density at radius 1 is 0.977 bits per heavy atom. The minimum absolute atomic E-state index is 0.0418. The summed E-state index contributed by atoms with van der Waals surface area (Å²) in [7, 11) is -1.39. The Bertz CT molecular complexity index is 1600. The minimum Gasteiger partial charge on any atom is -0.493 e. The largest absolute Gasteiger partial charge is 0.493 e. The molecular formula is C30H32Cl2N2O8S. The van der Waals surface area contributed by atoms with E-state index in [2.05, 4.69) is 5.32 Å². The molecule has 0 radical (unpaired) electrons. The van der Waals surface area contributed by atoms with Gasteiger partial charge in [-0.3, -0.25) is 9.59 Å². The van der Waals surface area contributed by atoms with Gasteiger partial charge in [-0.2, -0.15) is 4.31 Å². The van der Waals surface area contributed by atoms with Crippen LogP contribution >= 0.6 is 23.2 Å². The number of carbonyl (C=O) groups is 2. The molecule has 0 fully saturated rings. The highest BCUT2D eigenvalue weighted by Gasteiger charge is 2.30. The van der Waals surface area contributed by atoms with Gasteiger partial charge < -0.3 is 24.6 Å². The Morgan fingerprint density at radius 2 is 1.72 bits per heavy atom. The van der Waals surface area contributed by atoms with Crippen LogP contribution in [0, 0.1) is 0 Å². The van der Waals surface area contributed by atoms with Gasteiger partial charge in [0.05, 0.1) is 31.7 Å². The number of fused-ring (bicyclic) bond motifs is 1. The Labute approximate surface area is 260 Å². The third-order valence-corrected chi connectivity index (χ3v) is 9.69. The first-order valence-corrected chi connectivity index (χ1v) is 15.6. The van der Waals surface area contributed by atoms with Crippen molar-refractivity contribution in [2.45, 2.75) is 30.1 Å². The van der Waals surface area contributed by atoms with Crippen LogP contribution in [-0.2, 0) is 32.5 Å². The smallest absolute Gasteiger partial charge is 0.312 e. The SMILES string of the molecule is COc1ccc(C(CNC(=O)CN(CCOc2ccc3c(c2)CCC3)S(=O)(=O)c2ccc(Cl)cc2Cl)C(=O)O)cc1OC. The Morgan fingerprint density at radius 3 is 2.42 bits per heavy atom. The zero-order chi connectivity index (χ0) is 31.1. The van der Waals surface area contributed by atoms with Gasteiger partial charge in [-0.05, 0) is 78.4 Å². The van der Waals surface area contributed by atoms with Crippen LogP contribution in [0.3, 0.4) is 0 Å². The molecule has 0 bridgehead atoms. The first-order valence-electron chi connectivity index (χ1n) is 13.4. The van der Waals surface area contributed by atoms with Gasteiger partial charge in [0.25, 0.3) is 0 Å². The third-order valence-electron chi connectivity index (χ3n) is 7.12. The Kier molecular flexibility index (Phi) is 10.8. The molecule has 0 spiro atoms. The van der Waals surface area contributed by atoms with Crippen LogP contribution in [0.4, 0.5) is 0 Å². The molecule has 1 unspecified atom stereocenters. The molecule has 0 aromatic heterocycles. The van der Waals surface area contributed by atoms with Crippen LogP contribution in [-0.4, -0.2) is 70.2 Å². The number of amides is 1. The number of aliphatic carboxylic acids is 1. The first-order chi connectivity index (χ1) is 20.5. The van der Waals surface area contributed by atoms with Gasteiger partial charge in [-0.1, -0.05) is 35.3 Å². The number of halogens is 2. The standard InChI is InChI=1S/C30H32Cl2N2O8S/c1-40-26-10-7-21(15-27(26)41-2)24(30(36)37)17-33-29(35)18-34(43(38,39)28-11-8-22(31)16-25(28)32)12-13-42-23-9-6-19-4-3-5-20(19)14-23/h6-11,14-16,24H,3-5,12-13,17-18H2,1-2H3,(H,33,35)(H,36,37). The fourth-order valence-corrected chi connectivity index (χ4v) is 6.99. The number of hydrogen-bond donors (Lipinski definition) is 2. The zero-order valence-electron chi connectivity index (χ0n) is 23.6. The van der Waals surface area contributed by atoms with E-state index in [4.69, 9.17) is 37.4 Å². The third kappa shape index (κ3) is 7.91. The van der Waals surface area contributed by atoms with Crippen molar-refractivity contribution in [3.05, 3.63) is 81.3 Å². The van der Waals surface area contributed by atoms with Gasteiger partial charge >= 0.3 is 5.97 Å². The summed E-state index contributed by atoms with van der Waals surface area (Å²) >= 11 is 12.2. The van der Waals surface area contributed by atoms with Crippen molar-refractivity contribution in [3.63, 3.8) is 0 Å². The number of ether oxygens (including phenoxy) is 3. The summed E-state index contributed by atoms with van der Waals surface area (Å²) in [4.78, 5) is 24.9. The molecule has 1 atom stereocenters. The lowest BCUT2D eigenvalue weighted by Crippen LogP contribution is -2.44. The summed E-state index contributed by atoms with van der Waals surface area (Å²) < 4.78 is 44.5.